The average Bonchev–Trinajstić information content (AvgIpc) is 3.36. The number of urea groups is 1. The van der Waals surface area contributed by atoms with Gasteiger partial charge in [-0.1, -0.05) is 30.0 Å². The summed E-state index contributed by atoms with van der Waals surface area (Å²) < 4.78 is 6.16. The molecule has 0 radical (unpaired) electrons. The van der Waals surface area contributed by atoms with E-state index < -0.39 is 23.4 Å². The summed E-state index contributed by atoms with van der Waals surface area (Å²) in [6.45, 7) is 4.90. The van der Waals surface area contributed by atoms with Crippen LogP contribution in [-0.2, 0) is 14.3 Å². The lowest BCUT2D eigenvalue weighted by atomic mass is 10.00. The van der Waals surface area contributed by atoms with Gasteiger partial charge in [0.15, 0.2) is 4.34 Å². The maximum absolute atomic E-state index is 12.2. The smallest absolute Gasteiger partial charge is 0.344 e. The molecule has 0 saturated carbocycles. The standard InChI is InChI=1S/C15H22N6O4S2/c1-3-15(2)11(23)21(13(24)17-15)20-10(22)8-26-14-19-18-12(27-14)16-7-9-5-4-6-25-9/h9H,3-8H2,1-2H3,(H,16,18)(H,17,24)(H,20,22)/t9-,15-/m1/s1. The van der Waals surface area contributed by atoms with E-state index in [0.29, 0.717) is 22.4 Å². The Labute approximate surface area is 164 Å². The van der Waals surface area contributed by atoms with Gasteiger partial charge in [-0.25, -0.2) is 4.79 Å². The highest BCUT2D eigenvalue weighted by Crippen LogP contribution is 2.26. The van der Waals surface area contributed by atoms with Crippen LogP contribution in [0.25, 0.3) is 0 Å². The van der Waals surface area contributed by atoms with E-state index in [0.717, 1.165) is 24.5 Å². The molecule has 2 aliphatic rings. The van der Waals surface area contributed by atoms with Crippen molar-refractivity contribution in [2.24, 2.45) is 0 Å². The van der Waals surface area contributed by atoms with Gasteiger partial charge in [-0.05, 0) is 26.2 Å². The molecule has 1 aromatic rings. The predicted molar refractivity (Wildman–Crippen MR) is 100 cm³/mol. The van der Waals surface area contributed by atoms with Crippen LogP contribution in [0.1, 0.15) is 33.1 Å². The third-order valence-corrected chi connectivity index (χ3v) is 6.46. The summed E-state index contributed by atoms with van der Waals surface area (Å²) in [6.07, 6.45) is 2.75. The second-order valence-corrected chi connectivity index (χ2v) is 8.67. The average molecular weight is 415 g/mol. The van der Waals surface area contributed by atoms with E-state index >= 15 is 0 Å². The molecule has 3 N–H and O–H groups in total. The van der Waals surface area contributed by atoms with Crippen molar-refractivity contribution in [1.29, 1.82) is 0 Å². The Bertz CT molecular complexity index is 723. The molecule has 4 amide bonds. The first kappa shape index (κ1) is 19.8. The van der Waals surface area contributed by atoms with E-state index in [1.54, 1.807) is 13.8 Å². The van der Waals surface area contributed by atoms with Crippen LogP contribution in [0.4, 0.5) is 9.93 Å². The van der Waals surface area contributed by atoms with Crippen LogP contribution in [0.5, 0.6) is 0 Å². The lowest BCUT2D eigenvalue weighted by Gasteiger charge is -2.19. The number of nitrogens with one attached hydrogen (secondary N) is 3. The van der Waals surface area contributed by atoms with Crippen LogP contribution in [0, 0.1) is 0 Å². The summed E-state index contributed by atoms with van der Waals surface area (Å²) in [5.74, 6) is -0.918. The topological polar surface area (TPSA) is 126 Å². The number of carbonyl (C=O) groups is 3. The summed E-state index contributed by atoms with van der Waals surface area (Å²) in [5.41, 5.74) is 1.36. The van der Waals surface area contributed by atoms with Crippen LogP contribution < -0.4 is 16.1 Å². The summed E-state index contributed by atoms with van der Waals surface area (Å²) in [5, 5.41) is 15.2. The van der Waals surface area contributed by atoms with E-state index in [4.69, 9.17) is 4.74 Å². The van der Waals surface area contributed by atoms with Crippen molar-refractivity contribution in [2.45, 2.75) is 49.1 Å². The first-order valence-electron chi connectivity index (χ1n) is 8.69. The number of hydrazine groups is 1. The molecule has 3 rings (SSSR count). The SMILES string of the molecule is CC[C@@]1(C)NC(=O)N(NC(=O)CSc2nnc(NC[C@H]3CCCO3)s2)C1=O. The summed E-state index contributed by atoms with van der Waals surface area (Å²) in [6, 6.07) is -0.626. The molecule has 1 aromatic heterocycles. The Balaban J connectivity index is 1.44. The quantitative estimate of drug-likeness (QED) is 0.424. The van der Waals surface area contributed by atoms with Crippen LogP contribution >= 0.6 is 23.1 Å². The molecule has 2 aliphatic heterocycles. The van der Waals surface area contributed by atoms with E-state index in [2.05, 4.69) is 26.3 Å². The zero-order valence-electron chi connectivity index (χ0n) is 15.1. The molecule has 0 aliphatic carbocycles. The number of carbonyl (C=O) groups excluding carboxylic acids is 3. The number of hydrogen-bond donors (Lipinski definition) is 3. The van der Waals surface area contributed by atoms with Gasteiger partial charge in [0, 0.05) is 13.2 Å². The highest BCUT2D eigenvalue weighted by Gasteiger charge is 2.47. The maximum Gasteiger partial charge on any atom is 0.344 e. The van der Waals surface area contributed by atoms with Crippen LogP contribution in [0.15, 0.2) is 4.34 Å². The Morgan fingerprint density at radius 2 is 2.30 bits per heavy atom. The molecule has 2 saturated heterocycles. The van der Waals surface area contributed by atoms with E-state index in [9.17, 15) is 14.4 Å². The largest absolute Gasteiger partial charge is 0.376 e. The van der Waals surface area contributed by atoms with Crippen molar-refractivity contribution in [2.75, 3.05) is 24.2 Å². The fraction of sp³-hybridized carbons (Fsp3) is 0.667. The summed E-state index contributed by atoms with van der Waals surface area (Å²) in [7, 11) is 0. The molecule has 0 spiro atoms. The van der Waals surface area contributed by atoms with Gasteiger partial charge < -0.3 is 15.4 Å². The van der Waals surface area contributed by atoms with Gasteiger partial charge in [0.25, 0.3) is 5.91 Å². The van der Waals surface area contributed by atoms with Crippen molar-refractivity contribution in [3.05, 3.63) is 0 Å². The van der Waals surface area contributed by atoms with Crippen LogP contribution in [0.2, 0.25) is 0 Å². The molecule has 148 valence electrons. The first-order chi connectivity index (χ1) is 12.9. The van der Waals surface area contributed by atoms with Crippen LogP contribution in [0.3, 0.4) is 0 Å². The summed E-state index contributed by atoms with van der Waals surface area (Å²) in [4.78, 5) is 36.2. The van der Waals surface area contributed by atoms with Crippen molar-refractivity contribution < 1.29 is 19.1 Å². The minimum absolute atomic E-state index is 0.0142. The number of thioether (sulfide) groups is 1. The maximum atomic E-state index is 12.2. The molecule has 0 bridgehead atoms. The zero-order chi connectivity index (χ0) is 19.4. The number of nitrogens with zero attached hydrogens (tertiary/aromatic N) is 3. The van der Waals surface area contributed by atoms with E-state index in [1.165, 1.54) is 23.1 Å². The summed E-state index contributed by atoms with van der Waals surface area (Å²) >= 11 is 2.53. The molecule has 10 nitrogen and oxygen atoms in total. The fourth-order valence-corrected chi connectivity index (χ4v) is 4.21. The first-order valence-corrected chi connectivity index (χ1v) is 10.5. The number of amides is 4. The minimum atomic E-state index is -0.986. The van der Waals surface area contributed by atoms with E-state index in [-0.39, 0.29) is 11.9 Å². The van der Waals surface area contributed by atoms with Gasteiger partial charge in [0.05, 0.1) is 11.9 Å². The van der Waals surface area contributed by atoms with Gasteiger partial charge >= 0.3 is 6.03 Å². The number of rotatable bonds is 8. The predicted octanol–water partition coefficient (Wildman–Crippen LogP) is 0.973. The molecule has 2 atom stereocenters. The molecule has 0 unspecified atom stereocenters. The third-order valence-electron chi connectivity index (χ3n) is 4.44. The lowest BCUT2D eigenvalue weighted by Crippen LogP contribution is -2.49. The Kier molecular flexibility index (Phi) is 6.17. The molecule has 27 heavy (non-hydrogen) atoms. The Morgan fingerprint density at radius 1 is 1.48 bits per heavy atom. The van der Waals surface area contributed by atoms with Gasteiger partial charge in [0.2, 0.25) is 11.0 Å². The van der Waals surface area contributed by atoms with Crippen molar-refractivity contribution in [3.63, 3.8) is 0 Å². The fourth-order valence-electron chi connectivity index (χ4n) is 2.66. The number of imide groups is 1. The Morgan fingerprint density at radius 3 is 2.96 bits per heavy atom. The van der Waals surface area contributed by atoms with Crippen molar-refractivity contribution in [3.8, 4) is 0 Å². The number of aromatic nitrogens is 2. The van der Waals surface area contributed by atoms with E-state index in [1.807, 2.05) is 0 Å². The normalized spacial score (nSPS) is 25.0. The Hall–Kier alpha value is -1.92. The molecular weight excluding hydrogens is 392 g/mol. The van der Waals surface area contributed by atoms with Crippen molar-refractivity contribution in [1.82, 2.24) is 25.9 Å². The second-order valence-electron chi connectivity index (χ2n) is 6.47. The van der Waals surface area contributed by atoms with Gasteiger partial charge in [-0.3, -0.25) is 15.0 Å². The molecule has 12 heteroatoms. The molecule has 3 heterocycles. The van der Waals surface area contributed by atoms with Crippen LogP contribution in [-0.4, -0.2) is 63.6 Å². The van der Waals surface area contributed by atoms with Gasteiger partial charge in [0.1, 0.15) is 5.54 Å². The third kappa shape index (κ3) is 4.68. The lowest BCUT2D eigenvalue weighted by molar-refractivity contribution is -0.137. The number of ether oxygens (including phenoxy) is 1. The highest BCUT2D eigenvalue weighted by atomic mass is 32.2. The zero-order valence-corrected chi connectivity index (χ0v) is 16.7. The number of hydrogen-bond acceptors (Lipinski definition) is 9. The number of anilines is 1. The highest BCUT2D eigenvalue weighted by molar-refractivity contribution is 8.01. The van der Waals surface area contributed by atoms with Gasteiger partial charge in [-0.2, -0.15) is 5.01 Å². The van der Waals surface area contributed by atoms with Gasteiger partial charge in [-0.15, -0.1) is 10.2 Å². The minimum Gasteiger partial charge on any atom is -0.376 e. The molecular formula is C15H22N6O4S2. The molecule has 2 fully saturated rings. The van der Waals surface area contributed by atoms with Crippen molar-refractivity contribution >= 4 is 46.1 Å². The second kappa shape index (κ2) is 8.40. The monoisotopic (exact) mass is 414 g/mol. The molecule has 0 aromatic carbocycles.